The Morgan fingerprint density at radius 3 is 2.79 bits per heavy atom. The molecule has 0 spiro atoms. The van der Waals surface area contributed by atoms with Crippen LogP contribution in [-0.2, 0) is 0 Å². The topological polar surface area (TPSA) is 33.0 Å². The summed E-state index contributed by atoms with van der Waals surface area (Å²) in [6.07, 6.45) is 4.85. The van der Waals surface area contributed by atoms with E-state index in [0.717, 1.165) is 0 Å². The molecule has 0 aliphatic rings. The zero-order valence-electron chi connectivity index (χ0n) is 7.62. The molecule has 0 aromatic heterocycles. The van der Waals surface area contributed by atoms with E-state index in [-0.39, 0.29) is 6.10 Å². The Labute approximate surface area is 88.1 Å². The monoisotopic (exact) mass is 205 g/mol. The average molecular weight is 206 g/mol. The van der Waals surface area contributed by atoms with Gasteiger partial charge in [-0.25, -0.2) is 0 Å². The number of hydrogen-bond donors (Lipinski definition) is 0. The molecule has 70 valence electrons. The van der Waals surface area contributed by atoms with Crippen molar-refractivity contribution in [3.05, 3.63) is 28.8 Å². The maximum atomic E-state index is 8.63. The highest BCUT2D eigenvalue weighted by Gasteiger charge is 2.03. The fourth-order valence-corrected chi connectivity index (χ4v) is 1.11. The van der Waals surface area contributed by atoms with Gasteiger partial charge in [0, 0.05) is 6.07 Å². The van der Waals surface area contributed by atoms with Crippen molar-refractivity contribution < 1.29 is 4.74 Å². The van der Waals surface area contributed by atoms with Crippen LogP contribution < -0.4 is 4.74 Å². The fourth-order valence-electron chi connectivity index (χ4n) is 0.898. The van der Waals surface area contributed by atoms with Gasteiger partial charge in [0.05, 0.1) is 10.6 Å². The summed E-state index contributed by atoms with van der Waals surface area (Å²) in [7, 11) is 0. The third-order valence-corrected chi connectivity index (χ3v) is 1.92. The number of hydrogen-bond acceptors (Lipinski definition) is 2. The van der Waals surface area contributed by atoms with Crippen molar-refractivity contribution in [3.63, 3.8) is 0 Å². The van der Waals surface area contributed by atoms with Crippen LogP contribution >= 0.6 is 11.6 Å². The van der Waals surface area contributed by atoms with E-state index in [1.54, 1.807) is 25.1 Å². The smallest absolute Gasteiger partial charge is 0.156 e. The Morgan fingerprint density at radius 1 is 1.57 bits per heavy atom. The molecule has 0 aliphatic heterocycles. The van der Waals surface area contributed by atoms with E-state index in [1.807, 2.05) is 6.07 Å². The van der Waals surface area contributed by atoms with Crippen LogP contribution in [0.1, 0.15) is 12.5 Å². The first-order chi connectivity index (χ1) is 6.67. The van der Waals surface area contributed by atoms with E-state index < -0.39 is 0 Å². The summed E-state index contributed by atoms with van der Waals surface area (Å²) in [4.78, 5) is 0. The summed E-state index contributed by atoms with van der Waals surface area (Å²) >= 11 is 5.80. The summed E-state index contributed by atoms with van der Waals surface area (Å²) in [5.41, 5.74) is 0.423. The van der Waals surface area contributed by atoms with Crippen LogP contribution in [0.2, 0.25) is 5.02 Å². The maximum absolute atomic E-state index is 8.63. The minimum Gasteiger partial charge on any atom is -0.478 e. The first kappa shape index (κ1) is 10.4. The lowest BCUT2D eigenvalue weighted by molar-refractivity contribution is 0.279. The molecule has 3 heteroatoms. The molecule has 1 rings (SSSR count). The predicted octanol–water partition coefficient (Wildman–Crippen LogP) is 2.61. The average Bonchev–Trinajstić information content (AvgIpc) is 2.18. The van der Waals surface area contributed by atoms with Crippen LogP contribution in [0.3, 0.4) is 0 Å². The molecule has 14 heavy (non-hydrogen) atoms. The molecule has 1 aromatic carbocycles. The van der Waals surface area contributed by atoms with Gasteiger partial charge in [0.1, 0.15) is 11.8 Å². The van der Waals surface area contributed by atoms with Crippen molar-refractivity contribution in [2.45, 2.75) is 13.0 Å². The Hall–Kier alpha value is -1.64. The standard InChI is InChI=1S/C11H8ClNO/c1-3-8(2)14-10-5-4-9(7-13)11(12)6-10/h1,4-6,8H,2H3. The molecule has 1 atom stereocenters. The molecule has 0 saturated carbocycles. The van der Waals surface area contributed by atoms with Crippen LogP contribution in [0.5, 0.6) is 5.75 Å². The first-order valence-electron chi connectivity index (χ1n) is 4.00. The largest absolute Gasteiger partial charge is 0.478 e. The molecule has 0 radical (unpaired) electrons. The van der Waals surface area contributed by atoms with Crippen molar-refractivity contribution in [2.75, 3.05) is 0 Å². The summed E-state index contributed by atoms with van der Waals surface area (Å²) in [5, 5.41) is 9.00. The fraction of sp³-hybridized carbons (Fsp3) is 0.182. The van der Waals surface area contributed by atoms with E-state index in [1.165, 1.54) is 0 Å². The Balaban J connectivity index is 2.89. The van der Waals surface area contributed by atoms with E-state index in [2.05, 4.69) is 5.92 Å². The zero-order valence-corrected chi connectivity index (χ0v) is 8.38. The van der Waals surface area contributed by atoms with E-state index in [4.69, 9.17) is 28.0 Å². The van der Waals surface area contributed by atoms with Crippen molar-refractivity contribution in [1.82, 2.24) is 0 Å². The molecule has 0 heterocycles. The molecule has 1 aromatic rings. The number of ether oxygens (including phenoxy) is 1. The van der Waals surface area contributed by atoms with E-state index in [9.17, 15) is 0 Å². The summed E-state index contributed by atoms with van der Waals surface area (Å²) in [6.45, 7) is 1.76. The van der Waals surface area contributed by atoms with Gasteiger partial charge < -0.3 is 4.74 Å². The zero-order chi connectivity index (χ0) is 10.6. The number of terminal acetylenes is 1. The normalized spacial score (nSPS) is 11.1. The van der Waals surface area contributed by atoms with Crippen LogP contribution in [-0.4, -0.2) is 6.10 Å². The maximum Gasteiger partial charge on any atom is 0.156 e. The molecule has 0 bridgehead atoms. The van der Waals surface area contributed by atoms with Gasteiger partial charge in [-0.3, -0.25) is 0 Å². The van der Waals surface area contributed by atoms with Crippen molar-refractivity contribution >= 4 is 11.6 Å². The van der Waals surface area contributed by atoms with Crippen molar-refractivity contribution in [2.24, 2.45) is 0 Å². The van der Waals surface area contributed by atoms with Gasteiger partial charge in [-0.15, -0.1) is 6.42 Å². The molecule has 0 aliphatic carbocycles. The number of benzene rings is 1. The second-order valence-corrected chi connectivity index (χ2v) is 3.09. The number of halogens is 1. The minimum atomic E-state index is -0.306. The van der Waals surface area contributed by atoms with Crippen LogP contribution in [0.15, 0.2) is 18.2 Å². The minimum absolute atomic E-state index is 0.306. The number of rotatable bonds is 2. The molecule has 0 fully saturated rings. The highest BCUT2D eigenvalue weighted by atomic mass is 35.5. The second kappa shape index (κ2) is 4.56. The third-order valence-electron chi connectivity index (χ3n) is 1.61. The Morgan fingerprint density at radius 2 is 2.29 bits per heavy atom. The highest BCUT2D eigenvalue weighted by molar-refractivity contribution is 6.31. The molecule has 0 N–H and O–H groups in total. The van der Waals surface area contributed by atoms with Gasteiger partial charge in [-0.05, 0) is 19.1 Å². The van der Waals surface area contributed by atoms with Crippen LogP contribution in [0, 0.1) is 23.7 Å². The molecular weight excluding hydrogens is 198 g/mol. The number of nitriles is 1. The first-order valence-corrected chi connectivity index (χ1v) is 4.37. The Bertz CT molecular complexity index is 414. The molecule has 2 nitrogen and oxygen atoms in total. The summed E-state index contributed by atoms with van der Waals surface area (Å²) < 4.78 is 5.31. The van der Waals surface area contributed by atoms with Gasteiger partial charge in [0.15, 0.2) is 6.10 Å². The van der Waals surface area contributed by atoms with E-state index >= 15 is 0 Å². The van der Waals surface area contributed by atoms with Crippen molar-refractivity contribution in [1.29, 1.82) is 5.26 Å². The molecule has 0 saturated heterocycles. The summed E-state index contributed by atoms with van der Waals surface area (Å²) in [5.74, 6) is 3.00. The molecule has 0 amide bonds. The highest BCUT2D eigenvalue weighted by Crippen LogP contribution is 2.22. The van der Waals surface area contributed by atoms with Crippen LogP contribution in [0.4, 0.5) is 0 Å². The van der Waals surface area contributed by atoms with E-state index in [0.29, 0.717) is 16.3 Å². The summed E-state index contributed by atoms with van der Waals surface area (Å²) in [6, 6.07) is 6.80. The third kappa shape index (κ3) is 2.42. The quantitative estimate of drug-likeness (QED) is 0.696. The van der Waals surface area contributed by atoms with Crippen LogP contribution in [0.25, 0.3) is 0 Å². The van der Waals surface area contributed by atoms with Gasteiger partial charge in [0.2, 0.25) is 0 Å². The van der Waals surface area contributed by atoms with Crippen molar-refractivity contribution in [3.8, 4) is 24.2 Å². The second-order valence-electron chi connectivity index (χ2n) is 2.68. The van der Waals surface area contributed by atoms with Gasteiger partial charge in [0.25, 0.3) is 0 Å². The van der Waals surface area contributed by atoms with Gasteiger partial charge >= 0.3 is 0 Å². The molecule has 1 unspecified atom stereocenters. The lowest BCUT2D eigenvalue weighted by Crippen LogP contribution is -2.07. The van der Waals surface area contributed by atoms with Gasteiger partial charge in [-0.2, -0.15) is 5.26 Å². The number of nitrogens with zero attached hydrogens (tertiary/aromatic N) is 1. The SMILES string of the molecule is C#CC(C)Oc1ccc(C#N)c(Cl)c1. The lowest BCUT2D eigenvalue weighted by atomic mass is 10.2. The predicted molar refractivity (Wildman–Crippen MR) is 55.1 cm³/mol. The lowest BCUT2D eigenvalue weighted by Gasteiger charge is -2.08. The van der Waals surface area contributed by atoms with Gasteiger partial charge in [-0.1, -0.05) is 17.5 Å². The Kier molecular flexibility index (Phi) is 3.40. The molecular formula is C11H8ClNO.